The van der Waals surface area contributed by atoms with Crippen molar-refractivity contribution >= 4 is 11.2 Å². The number of rotatable bonds is 3. The number of hydrogen-bond acceptors (Lipinski definition) is 5. The van der Waals surface area contributed by atoms with E-state index >= 15 is 0 Å². The first-order valence-electron chi connectivity index (χ1n) is 8.45. The molecule has 0 aliphatic heterocycles. The number of aryl methyl sites for hydroxylation is 2. The van der Waals surface area contributed by atoms with Crippen molar-refractivity contribution in [3.63, 3.8) is 0 Å². The topological polar surface area (TPSA) is 61.0 Å². The predicted octanol–water partition coefficient (Wildman–Crippen LogP) is 5.85. The standard InChI is InChI=1S/C20H13F4N3O2/c1-10-3-11(2)5-12(4-10)17-26-16-9-25-19(27-18(16)29-17)28-15-7-13(20(22,23)24)6-14(21)8-15/h3-9H,1-2H3. The summed E-state index contributed by atoms with van der Waals surface area (Å²) in [6.07, 6.45) is -3.39. The summed E-state index contributed by atoms with van der Waals surface area (Å²) in [7, 11) is 0. The van der Waals surface area contributed by atoms with Gasteiger partial charge in [0.2, 0.25) is 5.89 Å². The minimum Gasteiger partial charge on any atom is -0.424 e. The summed E-state index contributed by atoms with van der Waals surface area (Å²) >= 11 is 0. The largest absolute Gasteiger partial charge is 0.424 e. The summed E-state index contributed by atoms with van der Waals surface area (Å²) in [6.45, 7) is 3.89. The van der Waals surface area contributed by atoms with Gasteiger partial charge in [0.15, 0.2) is 0 Å². The molecule has 0 aliphatic rings. The molecule has 0 saturated heterocycles. The zero-order valence-corrected chi connectivity index (χ0v) is 15.2. The number of benzene rings is 2. The van der Waals surface area contributed by atoms with E-state index in [1.54, 1.807) is 0 Å². The monoisotopic (exact) mass is 403 g/mol. The minimum atomic E-state index is -4.71. The summed E-state index contributed by atoms with van der Waals surface area (Å²) in [6, 6.07) is 7.36. The van der Waals surface area contributed by atoms with E-state index in [2.05, 4.69) is 15.0 Å². The van der Waals surface area contributed by atoms with Crippen LogP contribution in [0.15, 0.2) is 47.0 Å². The van der Waals surface area contributed by atoms with Gasteiger partial charge in [-0.2, -0.15) is 18.2 Å². The van der Waals surface area contributed by atoms with E-state index in [1.165, 1.54) is 6.20 Å². The van der Waals surface area contributed by atoms with Crippen LogP contribution in [0.1, 0.15) is 16.7 Å². The molecule has 2 aromatic heterocycles. The van der Waals surface area contributed by atoms with Crippen LogP contribution >= 0.6 is 0 Å². The molecule has 0 saturated carbocycles. The lowest BCUT2D eigenvalue weighted by atomic mass is 10.1. The predicted molar refractivity (Wildman–Crippen MR) is 96.0 cm³/mol. The Morgan fingerprint density at radius 3 is 2.34 bits per heavy atom. The van der Waals surface area contributed by atoms with Crippen molar-refractivity contribution < 1.29 is 26.7 Å². The second-order valence-electron chi connectivity index (χ2n) is 6.51. The van der Waals surface area contributed by atoms with Crippen molar-refractivity contribution in [3.05, 3.63) is 65.1 Å². The van der Waals surface area contributed by atoms with Crippen molar-refractivity contribution in [1.29, 1.82) is 0 Å². The Bertz CT molecular complexity index is 1200. The van der Waals surface area contributed by atoms with E-state index in [-0.39, 0.29) is 17.5 Å². The number of halogens is 4. The maximum atomic E-state index is 13.5. The van der Waals surface area contributed by atoms with Crippen LogP contribution in [-0.4, -0.2) is 15.0 Å². The van der Waals surface area contributed by atoms with Gasteiger partial charge in [-0.05, 0) is 38.1 Å². The summed E-state index contributed by atoms with van der Waals surface area (Å²) < 4.78 is 62.9. The second kappa shape index (κ2) is 6.84. The fourth-order valence-electron chi connectivity index (χ4n) is 2.88. The van der Waals surface area contributed by atoms with E-state index in [1.807, 2.05) is 32.0 Å². The van der Waals surface area contributed by atoms with E-state index in [4.69, 9.17) is 9.15 Å². The van der Waals surface area contributed by atoms with Gasteiger partial charge in [0.05, 0.1) is 11.8 Å². The summed E-state index contributed by atoms with van der Waals surface area (Å²) in [5.41, 5.74) is 2.08. The Kier molecular flexibility index (Phi) is 4.45. The summed E-state index contributed by atoms with van der Waals surface area (Å²) in [4.78, 5) is 12.2. The first-order chi connectivity index (χ1) is 13.7. The smallest absolute Gasteiger partial charge is 0.416 e. The van der Waals surface area contributed by atoms with Crippen molar-refractivity contribution in [2.45, 2.75) is 20.0 Å². The average Bonchev–Trinajstić information content (AvgIpc) is 3.03. The Hall–Kier alpha value is -3.49. The fraction of sp³-hybridized carbons (Fsp3) is 0.150. The lowest BCUT2D eigenvalue weighted by molar-refractivity contribution is -0.137. The molecular formula is C20H13F4N3O2. The summed E-state index contributed by atoms with van der Waals surface area (Å²) in [5.74, 6) is -1.15. The molecule has 2 aromatic carbocycles. The van der Waals surface area contributed by atoms with Crippen LogP contribution in [0.5, 0.6) is 11.8 Å². The first-order valence-corrected chi connectivity index (χ1v) is 8.45. The Morgan fingerprint density at radius 1 is 0.931 bits per heavy atom. The van der Waals surface area contributed by atoms with E-state index in [0.717, 1.165) is 22.8 Å². The van der Waals surface area contributed by atoms with E-state index < -0.39 is 17.6 Å². The minimum absolute atomic E-state index is 0.0941. The van der Waals surface area contributed by atoms with Gasteiger partial charge in [-0.3, -0.25) is 0 Å². The van der Waals surface area contributed by atoms with Crippen LogP contribution in [0.25, 0.3) is 22.7 Å². The van der Waals surface area contributed by atoms with Crippen LogP contribution in [0.4, 0.5) is 17.6 Å². The lowest BCUT2D eigenvalue weighted by Gasteiger charge is -2.09. The van der Waals surface area contributed by atoms with Crippen molar-refractivity contribution in [2.24, 2.45) is 0 Å². The number of nitrogens with zero attached hydrogens (tertiary/aromatic N) is 3. The molecule has 0 N–H and O–H groups in total. The third-order valence-corrected chi connectivity index (χ3v) is 4.01. The molecule has 4 aromatic rings. The first kappa shape index (κ1) is 18.9. The highest BCUT2D eigenvalue weighted by Gasteiger charge is 2.31. The SMILES string of the molecule is Cc1cc(C)cc(-c2nc3cnc(Oc4cc(F)cc(C(F)(F)F)c4)nc3o2)c1. The molecule has 0 spiro atoms. The third-order valence-electron chi connectivity index (χ3n) is 4.01. The molecule has 2 heterocycles. The number of aromatic nitrogens is 3. The third kappa shape index (κ3) is 4.03. The molecule has 0 unspecified atom stereocenters. The maximum Gasteiger partial charge on any atom is 0.416 e. The molecule has 29 heavy (non-hydrogen) atoms. The number of ether oxygens (including phenoxy) is 1. The average molecular weight is 403 g/mol. The Balaban J connectivity index is 1.67. The van der Waals surface area contributed by atoms with Gasteiger partial charge in [-0.1, -0.05) is 17.2 Å². The quantitative estimate of drug-likeness (QED) is 0.402. The Morgan fingerprint density at radius 2 is 1.66 bits per heavy atom. The molecule has 0 bridgehead atoms. The fourth-order valence-corrected chi connectivity index (χ4v) is 2.88. The molecule has 148 valence electrons. The number of hydrogen-bond donors (Lipinski definition) is 0. The Labute approximate surface area is 162 Å². The zero-order valence-electron chi connectivity index (χ0n) is 15.2. The molecule has 0 amide bonds. The van der Waals surface area contributed by atoms with E-state index in [0.29, 0.717) is 23.5 Å². The zero-order chi connectivity index (χ0) is 20.8. The molecule has 0 radical (unpaired) electrons. The van der Waals surface area contributed by atoms with Crippen molar-refractivity contribution in [1.82, 2.24) is 15.0 Å². The number of fused-ring (bicyclic) bond motifs is 1. The highest BCUT2D eigenvalue weighted by atomic mass is 19.4. The maximum absolute atomic E-state index is 13.5. The van der Waals surface area contributed by atoms with Gasteiger partial charge in [-0.25, -0.2) is 14.4 Å². The normalized spacial score (nSPS) is 11.8. The van der Waals surface area contributed by atoms with Gasteiger partial charge >= 0.3 is 12.2 Å². The van der Waals surface area contributed by atoms with Crippen LogP contribution in [-0.2, 0) is 6.18 Å². The molecule has 0 atom stereocenters. The molecule has 4 rings (SSSR count). The van der Waals surface area contributed by atoms with E-state index in [9.17, 15) is 17.6 Å². The van der Waals surface area contributed by atoms with Crippen LogP contribution in [0, 0.1) is 19.7 Å². The van der Waals surface area contributed by atoms with Gasteiger partial charge in [0, 0.05) is 11.6 Å². The highest BCUT2D eigenvalue weighted by Crippen LogP contribution is 2.33. The number of oxazole rings is 1. The highest BCUT2D eigenvalue weighted by molar-refractivity contribution is 5.72. The number of alkyl halides is 3. The van der Waals surface area contributed by atoms with Crippen molar-refractivity contribution in [2.75, 3.05) is 0 Å². The lowest BCUT2D eigenvalue weighted by Crippen LogP contribution is -2.05. The van der Waals surface area contributed by atoms with Crippen molar-refractivity contribution in [3.8, 4) is 23.2 Å². The van der Waals surface area contributed by atoms with Crippen LogP contribution in [0.3, 0.4) is 0 Å². The van der Waals surface area contributed by atoms with Gasteiger partial charge in [0.1, 0.15) is 17.1 Å². The molecular weight excluding hydrogens is 390 g/mol. The second-order valence-corrected chi connectivity index (χ2v) is 6.51. The van der Waals surface area contributed by atoms with Gasteiger partial charge in [-0.15, -0.1) is 0 Å². The van der Waals surface area contributed by atoms with Gasteiger partial charge < -0.3 is 9.15 Å². The molecule has 0 aliphatic carbocycles. The van der Waals surface area contributed by atoms with Crippen LogP contribution in [0.2, 0.25) is 0 Å². The molecule has 0 fully saturated rings. The summed E-state index contributed by atoms with van der Waals surface area (Å²) in [5, 5.41) is 0. The molecule has 9 heteroatoms. The van der Waals surface area contributed by atoms with Crippen LogP contribution < -0.4 is 4.74 Å². The van der Waals surface area contributed by atoms with Gasteiger partial charge in [0.25, 0.3) is 5.71 Å². The molecule has 5 nitrogen and oxygen atoms in total.